The van der Waals surface area contributed by atoms with E-state index in [2.05, 4.69) is 10.1 Å². The van der Waals surface area contributed by atoms with Gasteiger partial charge in [0.25, 0.3) is 0 Å². The first-order chi connectivity index (χ1) is 12.7. The van der Waals surface area contributed by atoms with Crippen molar-refractivity contribution in [3.05, 3.63) is 65.9 Å². The molecule has 0 unspecified atom stereocenters. The van der Waals surface area contributed by atoms with Crippen molar-refractivity contribution < 1.29 is 23.1 Å². The third-order valence-electron chi connectivity index (χ3n) is 3.57. The minimum absolute atomic E-state index is 0.0595. The number of hydrogen-bond donors (Lipinski definition) is 0. The number of oxazole rings is 1. The maximum Gasteiger partial charge on any atom is 0.235 e. The van der Waals surface area contributed by atoms with Crippen LogP contribution in [0.3, 0.4) is 0 Å². The second-order valence-electron chi connectivity index (χ2n) is 5.22. The molecule has 0 aliphatic heterocycles. The lowest BCUT2D eigenvalue weighted by atomic mass is 10.2. The van der Waals surface area contributed by atoms with Gasteiger partial charge in [-0.25, -0.2) is 9.37 Å². The van der Waals surface area contributed by atoms with E-state index in [1.807, 2.05) is 12.1 Å². The third kappa shape index (κ3) is 4.00. The Morgan fingerprint density at radius 2 is 1.92 bits per heavy atom. The highest BCUT2D eigenvalue weighted by Crippen LogP contribution is 2.29. The number of hydrogen-bond acceptors (Lipinski definition) is 6. The second kappa shape index (κ2) is 8.15. The predicted octanol–water partition coefficient (Wildman–Crippen LogP) is 4.05. The van der Waals surface area contributed by atoms with Crippen molar-refractivity contribution >= 4 is 6.21 Å². The summed E-state index contributed by atoms with van der Waals surface area (Å²) in [6, 6.07) is 11.4. The van der Waals surface area contributed by atoms with Gasteiger partial charge in [0.05, 0.1) is 26.6 Å². The Hall–Kier alpha value is -3.35. The van der Waals surface area contributed by atoms with Crippen LogP contribution < -0.4 is 9.47 Å². The summed E-state index contributed by atoms with van der Waals surface area (Å²) in [6.45, 7) is 0.0595. The molecule has 0 bridgehead atoms. The van der Waals surface area contributed by atoms with Crippen LogP contribution in [0.2, 0.25) is 0 Å². The summed E-state index contributed by atoms with van der Waals surface area (Å²) >= 11 is 0. The number of oxime groups is 1. The van der Waals surface area contributed by atoms with E-state index < -0.39 is 0 Å². The summed E-state index contributed by atoms with van der Waals surface area (Å²) in [7, 11) is 3.12. The van der Waals surface area contributed by atoms with Crippen molar-refractivity contribution in [3.63, 3.8) is 0 Å². The van der Waals surface area contributed by atoms with E-state index >= 15 is 0 Å². The summed E-state index contributed by atoms with van der Waals surface area (Å²) in [5.74, 6) is 1.76. The Kier molecular flexibility index (Phi) is 5.48. The lowest BCUT2D eigenvalue weighted by Crippen LogP contribution is -1.95. The Morgan fingerprint density at radius 1 is 1.12 bits per heavy atom. The number of aromatic nitrogens is 1. The fourth-order valence-electron chi connectivity index (χ4n) is 2.32. The zero-order valence-electron chi connectivity index (χ0n) is 14.3. The van der Waals surface area contributed by atoms with Crippen LogP contribution in [-0.2, 0) is 11.4 Å². The Morgan fingerprint density at radius 3 is 2.65 bits per heavy atom. The maximum atomic E-state index is 13.0. The molecule has 0 aliphatic rings. The zero-order chi connectivity index (χ0) is 18.4. The summed E-state index contributed by atoms with van der Waals surface area (Å²) in [5, 5.41) is 3.90. The standard InChI is InChI=1S/C19H17FN2O4/c1-23-16-5-3-4-14(19(16)24-2)10-22-25-12-18-21-11-17(26-18)13-6-8-15(20)9-7-13/h3-11H,12H2,1-2H3/b22-10-. The van der Waals surface area contributed by atoms with Crippen molar-refractivity contribution in [2.75, 3.05) is 14.2 Å². The molecule has 0 amide bonds. The van der Waals surface area contributed by atoms with Gasteiger partial charge in [-0.3, -0.25) is 0 Å². The van der Waals surface area contributed by atoms with Gasteiger partial charge in [0, 0.05) is 11.1 Å². The molecule has 0 aliphatic carbocycles. The van der Waals surface area contributed by atoms with Gasteiger partial charge < -0.3 is 18.7 Å². The molecule has 134 valence electrons. The van der Waals surface area contributed by atoms with Crippen LogP contribution in [0, 0.1) is 5.82 Å². The summed E-state index contributed by atoms with van der Waals surface area (Å²) < 4.78 is 29.1. The zero-order valence-corrected chi connectivity index (χ0v) is 14.3. The van der Waals surface area contributed by atoms with Crippen molar-refractivity contribution in [1.82, 2.24) is 4.98 Å². The SMILES string of the molecule is COc1cccc(/C=N\OCc2ncc(-c3ccc(F)cc3)o2)c1OC. The van der Waals surface area contributed by atoms with E-state index in [9.17, 15) is 4.39 Å². The van der Waals surface area contributed by atoms with Crippen molar-refractivity contribution in [2.24, 2.45) is 5.16 Å². The average molecular weight is 356 g/mol. The maximum absolute atomic E-state index is 13.0. The first-order valence-corrected chi connectivity index (χ1v) is 7.78. The van der Waals surface area contributed by atoms with Crippen LogP contribution in [-0.4, -0.2) is 25.4 Å². The van der Waals surface area contributed by atoms with Gasteiger partial charge >= 0.3 is 0 Å². The highest BCUT2D eigenvalue weighted by atomic mass is 19.1. The van der Waals surface area contributed by atoms with Crippen LogP contribution >= 0.6 is 0 Å². The number of benzene rings is 2. The first-order valence-electron chi connectivity index (χ1n) is 7.78. The Bertz CT molecular complexity index is 891. The lowest BCUT2D eigenvalue weighted by Gasteiger charge is -2.09. The van der Waals surface area contributed by atoms with Crippen molar-refractivity contribution in [2.45, 2.75) is 6.61 Å². The molecular formula is C19H17FN2O4. The highest BCUT2D eigenvalue weighted by Gasteiger charge is 2.09. The first kappa shape index (κ1) is 17.5. The van der Waals surface area contributed by atoms with Gasteiger partial charge in [0.15, 0.2) is 23.9 Å². The number of para-hydroxylation sites is 1. The predicted molar refractivity (Wildman–Crippen MR) is 93.8 cm³/mol. The van der Waals surface area contributed by atoms with E-state index in [0.717, 1.165) is 5.56 Å². The van der Waals surface area contributed by atoms with Gasteiger partial charge in [-0.05, 0) is 36.4 Å². The van der Waals surface area contributed by atoms with Crippen LogP contribution in [0.15, 0.2) is 58.2 Å². The van der Waals surface area contributed by atoms with Crippen LogP contribution in [0.1, 0.15) is 11.5 Å². The summed E-state index contributed by atoms with van der Waals surface area (Å²) in [5.41, 5.74) is 1.45. The van der Waals surface area contributed by atoms with Gasteiger partial charge in [0.1, 0.15) is 5.82 Å². The molecule has 0 N–H and O–H groups in total. The Labute approximate surface area is 149 Å². The molecule has 3 rings (SSSR count). The molecule has 0 spiro atoms. The molecule has 0 saturated heterocycles. The quantitative estimate of drug-likeness (QED) is 0.472. The molecule has 0 fully saturated rings. The average Bonchev–Trinajstić information content (AvgIpc) is 3.14. The molecule has 3 aromatic rings. The largest absolute Gasteiger partial charge is 0.493 e. The molecule has 6 nitrogen and oxygen atoms in total. The van der Waals surface area contributed by atoms with Crippen molar-refractivity contribution in [3.8, 4) is 22.8 Å². The van der Waals surface area contributed by atoms with E-state index in [1.54, 1.807) is 38.6 Å². The molecule has 0 radical (unpaired) electrons. The van der Waals surface area contributed by atoms with Gasteiger partial charge in [-0.15, -0.1) is 0 Å². The molecular weight excluding hydrogens is 339 g/mol. The smallest absolute Gasteiger partial charge is 0.235 e. The summed E-state index contributed by atoms with van der Waals surface area (Å²) in [4.78, 5) is 9.34. The lowest BCUT2D eigenvalue weighted by molar-refractivity contribution is 0.113. The van der Waals surface area contributed by atoms with E-state index in [0.29, 0.717) is 28.7 Å². The Balaban J connectivity index is 1.62. The fraction of sp³-hybridized carbons (Fsp3) is 0.158. The van der Waals surface area contributed by atoms with Crippen LogP contribution in [0.5, 0.6) is 11.5 Å². The minimum atomic E-state index is -0.306. The van der Waals surface area contributed by atoms with Crippen molar-refractivity contribution in [1.29, 1.82) is 0 Å². The monoisotopic (exact) mass is 356 g/mol. The third-order valence-corrected chi connectivity index (χ3v) is 3.57. The summed E-state index contributed by atoms with van der Waals surface area (Å²) in [6.07, 6.45) is 3.08. The number of halogens is 1. The number of nitrogens with zero attached hydrogens (tertiary/aromatic N) is 2. The van der Waals surface area contributed by atoms with E-state index in [4.69, 9.17) is 18.7 Å². The van der Waals surface area contributed by atoms with E-state index in [-0.39, 0.29) is 12.4 Å². The van der Waals surface area contributed by atoms with Gasteiger partial charge in [0.2, 0.25) is 5.89 Å². The minimum Gasteiger partial charge on any atom is -0.493 e. The molecule has 26 heavy (non-hydrogen) atoms. The number of ether oxygens (including phenoxy) is 2. The molecule has 0 saturated carbocycles. The second-order valence-corrected chi connectivity index (χ2v) is 5.22. The molecule has 7 heteroatoms. The fourth-order valence-corrected chi connectivity index (χ4v) is 2.32. The molecule has 0 atom stereocenters. The van der Waals surface area contributed by atoms with Crippen LogP contribution in [0.4, 0.5) is 4.39 Å². The molecule has 1 aromatic heterocycles. The number of rotatable bonds is 7. The number of methoxy groups -OCH3 is 2. The van der Waals surface area contributed by atoms with Gasteiger partial charge in [-0.1, -0.05) is 11.2 Å². The van der Waals surface area contributed by atoms with Crippen LogP contribution in [0.25, 0.3) is 11.3 Å². The topological polar surface area (TPSA) is 66.1 Å². The molecule has 2 aromatic carbocycles. The normalized spacial score (nSPS) is 10.9. The van der Waals surface area contributed by atoms with E-state index in [1.165, 1.54) is 18.3 Å². The van der Waals surface area contributed by atoms with Gasteiger partial charge in [-0.2, -0.15) is 0 Å². The highest BCUT2D eigenvalue weighted by molar-refractivity contribution is 5.84. The molecule has 1 heterocycles.